The van der Waals surface area contributed by atoms with Crippen LogP contribution in [0.2, 0.25) is 0 Å². The lowest BCUT2D eigenvalue weighted by atomic mass is 9.84. The molecule has 5 rings (SSSR count). The van der Waals surface area contributed by atoms with Gasteiger partial charge in [-0.3, -0.25) is 4.79 Å². The zero-order chi connectivity index (χ0) is 16.5. The van der Waals surface area contributed by atoms with Gasteiger partial charge in [-0.05, 0) is 74.8 Å². The van der Waals surface area contributed by atoms with Crippen LogP contribution in [-0.2, 0) is 0 Å². The molecule has 1 atom stereocenters. The standard InChI is InChI=1S/C18H21N3O2S/c1-12-10-19-18(23-12)24-15-4-2-14(3-5-15)17(22)20-16-11-21-8-6-13(16)7-9-21/h2-5,10,13,16H,6-9,11H2,1H3,(H,20,22). The summed E-state index contributed by atoms with van der Waals surface area (Å²) in [5.41, 5.74) is 0.708. The minimum absolute atomic E-state index is 0.0252. The average molecular weight is 343 g/mol. The van der Waals surface area contributed by atoms with E-state index in [1.807, 2.05) is 31.2 Å². The number of benzene rings is 1. The van der Waals surface area contributed by atoms with E-state index in [1.165, 1.54) is 37.7 Å². The first-order valence-electron chi connectivity index (χ1n) is 8.41. The van der Waals surface area contributed by atoms with Crippen molar-refractivity contribution in [2.75, 3.05) is 19.6 Å². The van der Waals surface area contributed by atoms with Crippen molar-refractivity contribution >= 4 is 17.7 Å². The Balaban J connectivity index is 1.38. The summed E-state index contributed by atoms with van der Waals surface area (Å²) in [4.78, 5) is 20.1. The zero-order valence-corrected chi connectivity index (χ0v) is 14.5. The summed E-state index contributed by atoms with van der Waals surface area (Å²) in [5, 5.41) is 3.84. The molecule has 3 aliphatic rings. The maximum Gasteiger partial charge on any atom is 0.260 e. The van der Waals surface area contributed by atoms with Crippen molar-refractivity contribution in [1.29, 1.82) is 0 Å². The lowest BCUT2D eigenvalue weighted by molar-refractivity contribution is 0.0620. The van der Waals surface area contributed by atoms with Gasteiger partial charge in [0.15, 0.2) is 0 Å². The molecule has 2 aromatic rings. The summed E-state index contributed by atoms with van der Waals surface area (Å²) in [6.07, 6.45) is 4.12. The molecule has 0 radical (unpaired) electrons. The fourth-order valence-corrected chi connectivity index (χ4v) is 4.29. The van der Waals surface area contributed by atoms with Crippen molar-refractivity contribution in [3.8, 4) is 0 Å². The van der Waals surface area contributed by atoms with E-state index in [1.54, 1.807) is 6.20 Å². The lowest BCUT2D eigenvalue weighted by Crippen LogP contribution is -2.57. The van der Waals surface area contributed by atoms with E-state index in [-0.39, 0.29) is 5.91 Å². The number of aryl methyl sites for hydroxylation is 1. The molecule has 1 amide bonds. The first-order chi connectivity index (χ1) is 11.7. The fraction of sp³-hybridized carbons (Fsp3) is 0.444. The van der Waals surface area contributed by atoms with E-state index in [0.717, 1.165) is 17.2 Å². The van der Waals surface area contributed by atoms with Gasteiger partial charge < -0.3 is 14.6 Å². The normalized spacial score (nSPS) is 25.6. The van der Waals surface area contributed by atoms with Crippen LogP contribution in [-0.4, -0.2) is 41.5 Å². The van der Waals surface area contributed by atoms with Gasteiger partial charge in [0.05, 0.1) is 6.20 Å². The molecule has 3 fully saturated rings. The Hall–Kier alpha value is -1.79. The Labute approximate surface area is 145 Å². The molecule has 1 N–H and O–H groups in total. The quantitative estimate of drug-likeness (QED) is 0.925. The Bertz CT molecular complexity index is 720. The van der Waals surface area contributed by atoms with Gasteiger partial charge in [-0.2, -0.15) is 0 Å². The van der Waals surface area contributed by atoms with Gasteiger partial charge in [0.2, 0.25) is 0 Å². The van der Waals surface area contributed by atoms with E-state index in [2.05, 4.69) is 15.2 Å². The largest absolute Gasteiger partial charge is 0.437 e. The highest BCUT2D eigenvalue weighted by molar-refractivity contribution is 7.99. The Morgan fingerprint density at radius 2 is 2.04 bits per heavy atom. The van der Waals surface area contributed by atoms with Gasteiger partial charge >= 0.3 is 0 Å². The highest BCUT2D eigenvalue weighted by Crippen LogP contribution is 2.29. The van der Waals surface area contributed by atoms with Gasteiger partial charge in [-0.15, -0.1) is 0 Å². The van der Waals surface area contributed by atoms with Crippen LogP contribution >= 0.6 is 11.8 Å². The molecule has 1 aromatic heterocycles. The van der Waals surface area contributed by atoms with Gasteiger partial charge in [0.1, 0.15) is 5.76 Å². The highest BCUT2D eigenvalue weighted by Gasteiger charge is 2.34. The maximum atomic E-state index is 12.5. The number of nitrogens with one attached hydrogen (secondary N) is 1. The van der Waals surface area contributed by atoms with Crippen LogP contribution < -0.4 is 5.32 Å². The van der Waals surface area contributed by atoms with E-state index >= 15 is 0 Å². The number of carbonyl (C=O) groups excluding carboxylic acids is 1. The van der Waals surface area contributed by atoms with Crippen LogP contribution in [0.3, 0.4) is 0 Å². The number of hydrogen-bond donors (Lipinski definition) is 1. The van der Waals surface area contributed by atoms with Crippen molar-refractivity contribution < 1.29 is 9.21 Å². The summed E-state index contributed by atoms with van der Waals surface area (Å²) in [7, 11) is 0. The molecule has 3 aliphatic heterocycles. The number of oxazole rings is 1. The molecule has 2 bridgehead atoms. The molecule has 4 heterocycles. The Kier molecular flexibility index (Phi) is 4.33. The molecule has 0 saturated carbocycles. The predicted molar refractivity (Wildman–Crippen MR) is 92.2 cm³/mol. The second-order valence-electron chi connectivity index (χ2n) is 6.58. The molecule has 1 unspecified atom stereocenters. The number of carbonyl (C=O) groups is 1. The summed E-state index contributed by atoms with van der Waals surface area (Å²) in [5.74, 6) is 1.46. The number of fused-ring (bicyclic) bond motifs is 3. The lowest BCUT2D eigenvalue weighted by Gasteiger charge is -2.44. The van der Waals surface area contributed by atoms with Crippen molar-refractivity contribution in [3.05, 3.63) is 41.8 Å². The third-order valence-electron chi connectivity index (χ3n) is 4.89. The van der Waals surface area contributed by atoms with Crippen molar-refractivity contribution in [2.45, 2.75) is 35.9 Å². The molecular formula is C18H21N3O2S. The van der Waals surface area contributed by atoms with Crippen LogP contribution in [0.15, 0.2) is 45.0 Å². The molecule has 6 heteroatoms. The van der Waals surface area contributed by atoms with Crippen LogP contribution in [0.5, 0.6) is 0 Å². The van der Waals surface area contributed by atoms with Gasteiger partial charge in [-0.1, -0.05) is 0 Å². The SMILES string of the molecule is Cc1cnc(Sc2ccc(C(=O)NC3CN4CCC3CC4)cc2)o1. The molecule has 0 spiro atoms. The molecule has 126 valence electrons. The van der Waals surface area contributed by atoms with Gasteiger partial charge in [-0.25, -0.2) is 4.98 Å². The first kappa shape index (κ1) is 15.7. The molecular weight excluding hydrogens is 322 g/mol. The maximum absolute atomic E-state index is 12.5. The van der Waals surface area contributed by atoms with E-state index in [9.17, 15) is 4.79 Å². The van der Waals surface area contributed by atoms with Crippen molar-refractivity contribution in [1.82, 2.24) is 15.2 Å². The molecule has 5 nitrogen and oxygen atoms in total. The smallest absolute Gasteiger partial charge is 0.260 e. The topological polar surface area (TPSA) is 58.4 Å². The first-order valence-corrected chi connectivity index (χ1v) is 9.22. The van der Waals surface area contributed by atoms with Gasteiger partial charge in [0, 0.05) is 23.0 Å². The number of hydrogen-bond acceptors (Lipinski definition) is 5. The molecule has 24 heavy (non-hydrogen) atoms. The number of rotatable bonds is 4. The molecule has 0 aliphatic carbocycles. The van der Waals surface area contributed by atoms with Crippen LogP contribution in [0.25, 0.3) is 0 Å². The minimum Gasteiger partial charge on any atom is -0.437 e. The van der Waals surface area contributed by atoms with Gasteiger partial charge in [0.25, 0.3) is 11.1 Å². The van der Waals surface area contributed by atoms with Crippen molar-refractivity contribution in [2.24, 2.45) is 5.92 Å². The average Bonchev–Trinajstić information content (AvgIpc) is 3.01. The third-order valence-corrected chi connectivity index (χ3v) is 5.77. The van der Waals surface area contributed by atoms with Crippen LogP contribution in [0.1, 0.15) is 29.0 Å². The highest BCUT2D eigenvalue weighted by atomic mass is 32.2. The summed E-state index contributed by atoms with van der Waals surface area (Å²) >= 11 is 1.46. The van der Waals surface area contributed by atoms with E-state index in [4.69, 9.17) is 4.42 Å². The molecule has 1 aromatic carbocycles. The predicted octanol–water partition coefficient (Wildman–Crippen LogP) is 2.96. The number of piperidine rings is 3. The van der Waals surface area contributed by atoms with Crippen LogP contribution in [0, 0.1) is 12.8 Å². The van der Waals surface area contributed by atoms with E-state index < -0.39 is 0 Å². The summed E-state index contributed by atoms with van der Waals surface area (Å²) < 4.78 is 5.46. The number of nitrogens with zero attached hydrogens (tertiary/aromatic N) is 2. The number of aromatic nitrogens is 1. The fourth-order valence-electron chi connectivity index (χ4n) is 3.54. The second-order valence-corrected chi connectivity index (χ2v) is 7.61. The van der Waals surface area contributed by atoms with Crippen LogP contribution in [0.4, 0.5) is 0 Å². The number of amides is 1. The van der Waals surface area contributed by atoms with Crippen molar-refractivity contribution in [3.63, 3.8) is 0 Å². The zero-order valence-electron chi connectivity index (χ0n) is 13.7. The summed E-state index contributed by atoms with van der Waals surface area (Å²) in [6, 6.07) is 7.92. The van der Waals surface area contributed by atoms with E-state index in [0.29, 0.717) is 22.7 Å². The summed E-state index contributed by atoms with van der Waals surface area (Å²) in [6.45, 7) is 5.24. The Morgan fingerprint density at radius 1 is 1.29 bits per heavy atom. The monoisotopic (exact) mass is 343 g/mol. The third kappa shape index (κ3) is 3.35. The Morgan fingerprint density at radius 3 is 2.62 bits per heavy atom. The molecule has 3 saturated heterocycles. The second kappa shape index (κ2) is 6.61. The minimum atomic E-state index is 0.0252.